The van der Waals surface area contributed by atoms with E-state index in [9.17, 15) is 9.90 Å². The van der Waals surface area contributed by atoms with Crippen LogP contribution in [0.2, 0.25) is 0 Å². The monoisotopic (exact) mass is 355 g/mol. The quantitative estimate of drug-likeness (QED) is 0.720. The molecule has 0 amide bonds. The van der Waals surface area contributed by atoms with Gasteiger partial charge < -0.3 is 10.1 Å². The fraction of sp³-hybridized carbons (Fsp3) is 0.389. The highest BCUT2D eigenvalue weighted by atomic mass is 16.6. The number of hydrogen-bond acceptors (Lipinski definition) is 6. The first kappa shape index (κ1) is 16.7. The van der Waals surface area contributed by atoms with Gasteiger partial charge in [-0.15, -0.1) is 0 Å². The van der Waals surface area contributed by atoms with Crippen LogP contribution in [0, 0.1) is 6.92 Å². The van der Waals surface area contributed by atoms with Crippen LogP contribution in [0.3, 0.4) is 0 Å². The number of rotatable bonds is 5. The maximum absolute atomic E-state index is 12.0. The molecule has 0 unspecified atom stereocenters. The van der Waals surface area contributed by atoms with Crippen LogP contribution < -0.4 is 0 Å². The zero-order valence-electron chi connectivity index (χ0n) is 14.6. The van der Waals surface area contributed by atoms with E-state index >= 15 is 0 Å². The number of aromatic amines is 1. The molecule has 0 saturated carbocycles. The lowest BCUT2D eigenvalue weighted by atomic mass is 10.0. The molecule has 1 fully saturated rings. The maximum atomic E-state index is 12.0. The SMILES string of the molecule is Cc1nonc1CN1CCN([C@@H](C(=O)O)c2c[nH]c3ccccc23)CC1. The molecule has 0 spiro atoms. The predicted octanol–water partition coefficient (Wildman–Crippen LogP) is 1.80. The first-order chi connectivity index (χ1) is 12.6. The predicted molar refractivity (Wildman–Crippen MR) is 94.6 cm³/mol. The number of carboxylic acid groups (broad SMARTS) is 1. The van der Waals surface area contributed by atoms with Gasteiger partial charge in [-0.1, -0.05) is 28.5 Å². The van der Waals surface area contributed by atoms with Crippen LogP contribution in [0.1, 0.15) is 23.0 Å². The summed E-state index contributed by atoms with van der Waals surface area (Å²) < 4.78 is 4.75. The topological polar surface area (TPSA) is 98.5 Å². The second-order valence-corrected chi connectivity index (χ2v) is 6.64. The Labute approximate surface area is 150 Å². The van der Waals surface area contributed by atoms with Crippen molar-refractivity contribution >= 4 is 16.9 Å². The Balaban J connectivity index is 1.49. The zero-order chi connectivity index (χ0) is 18.1. The lowest BCUT2D eigenvalue weighted by Gasteiger charge is -2.37. The van der Waals surface area contributed by atoms with E-state index in [4.69, 9.17) is 4.63 Å². The second-order valence-electron chi connectivity index (χ2n) is 6.64. The van der Waals surface area contributed by atoms with Gasteiger partial charge in [0.15, 0.2) is 0 Å². The van der Waals surface area contributed by atoms with E-state index in [1.54, 1.807) is 0 Å². The largest absolute Gasteiger partial charge is 0.480 e. The summed E-state index contributed by atoms with van der Waals surface area (Å²) in [6, 6.07) is 7.16. The molecule has 2 aromatic heterocycles. The van der Waals surface area contributed by atoms with E-state index in [0.29, 0.717) is 19.6 Å². The summed E-state index contributed by atoms with van der Waals surface area (Å²) in [6.45, 7) is 5.46. The van der Waals surface area contributed by atoms with Crippen molar-refractivity contribution in [3.63, 3.8) is 0 Å². The number of aliphatic carboxylic acids is 1. The average Bonchev–Trinajstić information content (AvgIpc) is 3.24. The number of aromatic nitrogens is 3. The Bertz CT molecular complexity index is 910. The number of aryl methyl sites for hydroxylation is 1. The fourth-order valence-corrected chi connectivity index (χ4v) is 3.59. The number of hydrogen-bond donors (Lipinski definition) is 2. The Morgan fingerprint density at radius 2 is 2.04 bits per heavy atom. The van der Waals surface area contributed by atoms with Crippen molar-refractivity contribution in [1.82, 2.24) is 25.1 Å². The number of H-pyrrole nitrogens is 1. The van der Waals surface area contributed by atoms with Gasteiger partial charge in [-0.25, -0.2) is 4.63 Å². The second kappa shape index (κ2) is 6.89. The standard InChI is InChI=1S/C18H21N5O3/c1-12-16(21-26-20-12)11-22-6-8-23(9-7-22)17(18(24)25)14-10-19-15-5-3-2-4-13(14)15/h2-5,10,17,19H,6-9,11H2,1H3,(H,24,25)/t17-/m1/s1. The summed E-state index contributed by atoms with van der Waals surface area (Å²) in [5.74, 6) is -0.820. The molecule has 3 aromatic rings. The van der Waals surface area contributed by atoms with Gasteiger partial charge >= 0.3 is 5.97 Å². The molecular weight excluding hydrogens is 334 g/mol. The summed E-state index contributed by atoms with van der Waals surface area (Å²) >= 11 is 0. The normalized spacial score (nSPS) is 17.6. The van der Waals surface area contributed by atoms with Gasteiger partial charge in [0, 0.05) is 55.4 Å². The number of carbonyl (C=O) groups is 1. The first-order valence-electron chi connectivity index (χ1n) is 8.67. The highest BCUT2D eigenvalue weighted by Crippen LogP contribution is 2.29. The molecule has 0 radical (unpaired) electrons. The lowest BCUT2D eigenvalue weighted by Crippen LogP contribution is -2.48. The summed E-state index contributed by atoms with van der Waals surface area (Å²) in [5.41, 5.74) is 3.42. The minimum Gasteiger partial charge on any atom is -0.480 e. The summed E-state index contributed by atoms with van der Waals surface area (Å²) in [5, 5.41) is 18.6. The highest BCUT2D eigenvalue weighted by Gasteiger charge is 2.32. The van der Waals surface area contributed by atoms with Gasteiger partial charge in [0.2, 0.25) is 0 Å². The van der Waals surface area contributed by atoms with Gasteiger partial charge in [-0.05, 0) is 13.0 Å². The van der Waals surface area contributed by atoms with Crippen LogP contribution in [0.5, 0.6) is 0 Å². The number of nitrogens with one attached hydrogen (secondary N) is 1. The van der Waals surface area contributed by atoms with Gasteiger partial charge in [0.1, 0.15) is 17.4 Å². The Kier molecular flexibility index (Phi) is 4.44. The van der Waals surface area contributed by atoms with Gasteiger partial charge in [-0.2, -0.15) is 0 Å². The van der Waals surface area contributed by atoms with E-state index in [-0.39, 0.29) is 0 Å². The molecule has 1 aliphatic heterocycles. The Hall–Kier alpha value is -2.71. The molecule has 26 heavy (non-hydrogen) atoms. The molecule has 8 nitrogen and oxygen atoms in total. The zero-order valence-corrected chi connectivity index (χ0v) is 14.6. The van der Waals surface area contributed by atoms with Gasteiger partial charge in [0.25, 0.3) is 0 Å². The smallest absolute Gasteiger partial charge is 0.325 e. The van der Waals surface area contributed by atoms with Crippen LogP contribution >= 0.6 is 0 Å². The third kappa shape index (κ3) is 3.09. The minimum atomic E-state index is -0.820. The van der Waals surface area contributed by atoms with Crippen molar-refractivity contribution in [2.24, 2.45) is 0 Å². The van der Waals surface area contributed by atoms with Crippen molar-refractivity contribution in [3.8, 4) is 0 Å². The molecule has 0 bridgehead atoms. The van der Waals surface area contributed by atoms with Crippen LogP contribution in [-0.4, -0.2) is 62.4 Å². The molecule has 4 rings (SSSR count). The van der Waals surface area contributed by atoms with Crippen molar-refractivity contribution < 1.29 is 14.5 Å². The van der Waals surface area contributed by atoms with Crippen LogP contribution in [-0.2, 0) is 11.3 Å². The van der Waals surface area contributed by atoms with Crippen LogP contribution in [0.25, 0.3) is 10.9 Å². The minimum absolute atomic E-state index is 0.649. The molecule has 1 saturated heterocycles. The van der Waals surface area contributed by atoms with E-state index in [1.165, 1.54) is 0 Å². The number of nitrogens with zero attached hydrogens (tertiary/aromatic N) is 4. The molecule has 2 N–H and O–H groups in total. The number of para-hydroxylation sites is 1. The lowest BCUT2D eigenvalue weighted by molar-refractivity contribution is -0.144. The van der Waals surface area contributed by atoms with Gasteiger partial charge in [0.05, 0.1) is 0 Å². The van der Waals surface area contributed by atoms with Gasteiger partial charge in [-0.3, -0.25) is 14.6 Å². The van der Waals surface area contributed by atoms with Crippen molar-refractivity contribution in [1.29, 1.82) is 0 Å². The van der Waals surface area contributed by atoms with Crippen molar-refractivity contribution in [2.45, 2.75) is 19.5 Å². The molecule has 136 valence electrons. The molecule has 1 aromatic carbocycles. The maximum Gasteiger partial charge on any atom is 0.325 e. The molecule has 1 aliphatic rings. The third-order valence-electron chi connectivity index (χ3n) is 5.04. The number of piperazine rings is 1. The summed E-state index contributed by atoms with van der Waals surface area (Å²) in [7, 11) is 0. The summed E-state index contributed by atoms with van der Waals surface area (Å²) in [4.78, 5) is 19.5. The average molecular weight is 355 g/mol. The Morgan fingerprint density at radius 1 is 1.27 bits per heavy atom. The van der Waals surface area contributed by atoms with Crippen LogP contribution in [0.4, 0.5) is 0 Å². The number of fused-ring (bicyclic) bond motifs is 1. The highest BCUT2D eigenvalue weighted by molar-refractivity contribution is 5.89. The van der Waals surface area contributed by atoms with E-state index < -0.39 is 12.0 Å². The first-order valence-corrected chi connectivity index (χ1v) is 8.67. The Morgan fingerprint density at radius 3 is 2.73 bits per heavy atom. The van der Waals surface area contributed by atoms with Crippen molar-refractivity contribution in [3.05, 3.63) is 47.4 Å². The fourth-order valence-electron chi connectivity index (χ4n) is 3.59. The molecular formula is C18H21N5O3. The molecule has 3 heterocycles. The van der Waals surface area contributed by atoms with Crippen LogP contribution in [0.15, 0.2) is 35.1 Å². The molecule has 0 aliphatic carbocycles. The molecule has 1 atom stereocenters. The number of carboxylic acids is 1. The summed E-state index contributed by atoms with van der Waals surface area (Å²) in [6.07, 6.45) is 1.82. The number of benzene rings is 1. The molecule has 8 heteroatoms. The van der Waals surface area contributed by atoms with E-state index in [2.05, 4.69) is 20.2 Å². The van der Waals surface area contributed by atoms with E-state index in [1.807, 2.05) is 42.3 Å². The van der Waals surface area contributed by atoms with E-state index in [0.717, 1.165) is 40.9 Å². The third-order valence-corrected chi connectivity index (χ3v) is 5.04. The van der Waals surface area contributed by atoms with Crippen molar-refractivity contribution in [2.75, 3.05) is 26.2 Å².